The molecule has 0 atom stereocenters. The number of hydrogen-bond acceptors (Lipinski definition) is 3. The van der Waals surface area contributed by atoms with E-state index in [2.05, 4.69) is 50.1 Å². The summed E-state index contributed by atoms with van der Waals surface area (Å²) < 4.78 is 2.92. The van der Waals surface area contributed by atoms with Crippen molar-refractivity contribution in [2.45, 2.75) is 25.9 Å². The molecule has 1 aliphatic rings. The number of hydrogen-bond donors (Lipinski definition) is 0. The molecule has 5 heteroatoms. The summed E-state index contributed by atoms with van der Waals surface area (Å²) in [5.41, 5.74) is 2.19. The standard InChI is InChI=1S/C21H22BrN3O/c22-18-5-3-4-17(12-18)13-24-10-8-16(9-11-24)14-25-15-23-20-7-2-1-6-19(20)21(25)26/h1-7,12,15-16H,8-11,13-14H2. The molecule has 0 bridgehead atoms. The Balaban J connectivity index is 1.38. The molecule has 2 aromatic carbocycles. The predicted octanol–water partition coefficient (Wildman–Crippen LogP) is 4.07. The van der Waals surface area contributed by atoms with Crippen molar-refractivity contribution in [3.8, 4) is 0 Å². The van der Waals surface area contributed by atoms with Crippen LogP contribution >= 0.6 is 15.9 Å². The van der Waals surface area contributed by atoms with Crippen molar-refractivity contribution in [1.29, 1.82) is 0 Å². The number of piperidine rings is 1. The maximum atomic E-state index is 12.6. The van der Waals surface area contributed by atoms with E-state index in [4.69, 9.17) is 0 Å². The molecule has 2 heterocycles. The van der Waals surface area contributed by atoms with Gasteiger partial charge in [0.05, 0.1) is 17.2 Å². The van der Waals surface area contributed by atoms with Crippen LogP contribution in [-0.4, -0.2) is 27.5 Å². The summed E-state index contributed by atoms with van der Waals surface area (Å²) in [7, 11) is 0. The Bertz CT molecular complexity index is 961. The van der Waals surface area contributed by atoms with Crippen LogP contribution in [0.2, 0.25) is 0 Å². The average molecular weight is 412 g/mol. The molecule has 1 fully saturated rings. The monoisotopic (exact) mass is 411 g/mol. The van der Waals surface area contributed by atoms with E-state index in [0.717, 1.165) is 49.0 Å². The second-order valence-electron chi connectivity index (χ2n) is 7.07. The fourth-order valence-corrected chi connectivity index (χ4v) is 4.18. The summed E-state index contributed by atoms with van der Waals surface area (Å²) >= 11 is 3.54. The molecule has 0 saturated carbocycles. The molecule has 3 aromatic rings. The van der Waals surface area contributed by atoms with Crippen LogP contribution in [0.4, 0.5) is 0 Å². The van der Waals surface area contributed by atoms with Crippen molar-refractivity contribution >= 4 is 26.8 Å². The number of aromatic nitrogens is 2. The predicted molar refractivity (Wildman–Crippen MR) is 108 cm³/mol. The lowest BCUT2D eigenvalue weighted by Gasteiger charge is -2.32. The van der Waals surface area contributed by atoms with E-state index in [1.54, 1.807) is 10.9 Å². The van der Waals surface area contributed by atoms with E-state index in [1.807, 2.05) is 24.3 Å². The van der Waals surface area contributed by atoms with E-state index in [1.165, 1.54) is 5.56 Å². The molecule has 1 saturated heterocycles. The van der Waals surface area contributed by atoms with Crippen molar-refractivity contribution < 1.29 is 0 Å². The Hall–Kier alpha value is -1.98. The highest BCUT2D eigenvalue weighted by Crippen LogP contribution is 2.21. The minimum atomic E-state index is 0.0761. The van der Waals surface area contributed by atoms with Crippen molar-refractivity contribution in [3.63, 3.8) is 0 Å². The number of para-hydroxylation sites is 1. The molecule has 134 valence electrons. The van der Waals surface area contributed by atoms with Crippen LogP contribution in [0.1, 0.15) is 18.4 Å². The van der Waals surface area contributed by atoms with Crippen molar-refractivity contribution in [2.75, 3.05) is 13.1 Å². The minimum absolute atomic E-state index is 0.0761. The highest BCUT2D eigenvalue weighted by atomic mass is 79.9. The molecule has 1 aliphatic heterocycles. The topological polar surface area (TPSA) is 38.1 Å². The summed E-state index contributed by atoms with van der Waals surface area (Å²) in [5.74, 6) is 0.537. The van der Waals surface area contributed by atoms with Gasteiger partial charge in [-0.1, -0.05) is 40.2 Å². The zero-order valence-electron chi connectivity index (χ0n) is 14.6. The quantitative estimate of drug-likeness (QED) is 0.649. The summed E-state index contributed by atoms with van der Waals surface area (Å²) in [5, 5.41) is 0.710. The highest BCUT2D eigenvalue weighted by molar-refractivity contribution is 9.10. The van der Waals surface area contributed by atoms with E-state index in [0.29, 0.717) is 11.3 Å². The summed E-state index contributed by atoms with van der Waals surface area (Å²) in [4.78, 5) is 19.6. The second-order valence-corrected chi connectivity index (χ2v) is 7.98. The molecule has 0 spiro atoms. The van der Waals surface area contributed by atoms with Gasteiger partial charge in [-0.25, -0.2) is 4.98 Å². The van der Waals surface area contributed by atoms with Crippen LogP contribution < -0.4 is 5.56 Å². The smallest absolute Gasteiger partial charge is 0.261 e. The lowest BCUT2D eigenvalue weighted by atomic mass is 9.96. The Morgan fingerprint density at radius 1 is 1.08 bits per heavy atom. The van der Waals surface area contributed by atoms with Gasteiger partial charge in [-0.15, -0.1) is 0 Å². The molecule has 0 radical (unpaired) electrons. The molecule has 4 nitrogen and oxygen atoms in total. The third-order valence-electron chi connectivity index (χ3n) is 5.19. The van der Waals surface area contributed by atoms with Gasteiger partial charge in [0, 0.05) is 17.6 Å². The summed E-state index contributed by atoms with van der Waals surface area (Å²) in [6.07, 6.45) is 3.94. The Morgan fingerprint density at radius 2 is 1.88 bits per heavy atom. The zero-order chi connectivity index (χ0) is 17.9. The Kier molecular flexibility index (Phi) is 5.18. The normalized spacial score (nSPS) is 16.2. The van der Waals surface area contributed by atoms with Gasteiger partial charge in [-0.05, 0) is 61.7 Å². The lowest BCUT2D eigenvalue weighted by molar-refractivity contribution is 0.166. The average Bonchev–Trinajstić information content (AvgIpc) is 2.66. The highest BCUT2D eigenvalue weighted by Gasteiger charge is 2.20. The van der Waals surface area contributed by atoms with E-state index in [9.17, 15) is 4.79 Å². The van der Waals surface area contributed by atoms with Crippen molar-refractivity contribution in [1.82, 2.24) is 14.5 Å². The van der Waals surface area contributed by atoms with Gasteiger partial charge in [0.1, 0.15) is 0 Å². The first-order valence-corrected chi connectivity index (χ1v) is 9.89. The first-order chi connectivity index (χ1) is 12.7. The molecule has 0 N–H and O–H groups in total. The molecule has 0 aliphatic carbocycles. The number of likely N-dealkylation sites (tertiary alicyclic amines) is 1. The Labute approximate surface area is 161 Å². The summed E-state index contributed by atoms with van der Waals surface area (Å²) in [6, 6.07) is 16.1. The van der Waals surface area contributed by atoms with Crippen LogP contribution in [0, 0.1) is 5.92 Å². The van der Waals surface area contributed by atoms with Gasteiger partial charge in [0.25, 0.3) is 5.56 Å². The molecule has 26 heavy (non-hydrogen) atoms. The van der Waals surface area contributed by atoms with Crippen LogP contribution in [-0.2, 0) is 13.1 Å². The largest absolute Gasteiger partial charge is 0.299 e. The fraction of sp³-hybridized carbons (Fsp3) is 0.333. The van der Waals surface area contributed by atoms with Crippen LogP contribution in [0.25, 0.3) is 10.9 Å². The molecular weight excluding hydrogens is 390 g/mol. The van der Waals surface area contributed by atoms with Crippen LogP contribution in [0.15, 0.2) is 64.1 Å². The molecule has 0 unspecified atom stereocenters. The maximum absolute atomic E-state index is 12.6. The van der Waals surface area contributed by atoms with Crippen molar-refractivity contribution in [2.24, 2.45) is 5.92 Å². The van der Waals surface area contributed by atoms with Crippen LogP contribution in [0.5, 0.6) is 0 Å². The van der Waals surface area contributed by atoms with Gasteiger partial charge in [-0.2, -0.15) is 0 Å². The SMILES string of the molecule is O=c1c2ccccc2ncn1CC1CCN(Cc2cccc(Br)c2)CC1. The number of benzene rings is 2. The first kappa shape index (κ1) is 17.4. The van der Waals surface area contributed by atoms with Gasteiger partial charge in [0.2, 0.25) is 0 Å². The first-order valence-electron chi connectivity index (χ1n) is 9.10. The molecule has 1 aromatic heterocycles. The van der Waals surface area contributed by atoms with E-state index < -0.39 is 0 Å². The molecule has 4 rings (SSSR count). The third kappa shape index (κ3) is 3.89. The number of fused-ring (bicyclic) bond motifs is 1. The lowest BCUT2D eigenvalue weighted by Crippen LogP contribution is -2.36. The van der Waals surface area contributed by atoms with Gasteiger partial charge >= 0.3 is 0 Å². The number of nitrogens with zero attached hydrogens (tertiary/aromatic N) is 3. The Morgan fingerprint density at radius 3 is 2.69 bits per heavy atom. The van der Waals surface area contributed by atoms with Gasteiger partial charge < -0.3 is 0 Å². The summed E-state index contributed by atoms with van der Waals surface area (Å²) in [6.45, 7) is 3.91. The minimum Gasteiger partial charge on any atom is -0.299 e. The van der Waals surface area contributed by atoms with E-state index in [-0.39, 0.29) is 5.56 Å². The third-order valence-corrected chi connectivity index (χ3v) is 5.68. The maximum Gasteiger partial charge on any atom is 0.261 e. The number of halogens is 1. The molecule has 0 amide bonds. The van der Waals surface area contributed by atoms with Gasteiger partial charge in [-0.3, -0.25) is 14.3 Å². The van der Waals surface area contributed by atoms with E-state index >= 15 is 0 Å². The number of rotatable bonds is 4. The zero-order valence-corrected chi connectivity index (χ0v) is 16.2. The van der Waals surface area contributed by atoms with Gasteiger partial charge in [0.15, 0.2) is 0 Å². The second kappa shape index (κ2) is 7.72. The van der Waals surface area contributed by atoms with Crippen LogP contribution in [0.3, 0.4) is 0 Å². The molecular formula is C21H22BrN3O. The fourth-order valence-electron chi connectivity index (χ4n) is 3.73. The van der Waals surface area contributed by atoms with Crippen molar-refractivity contribution in [3.05, 3.63) is 75.2 Å².